The van der Waals surface area contributed by atoms with E-state index in [4.69, 9.17) is 4.74 Å². The largest absolute Gasteiger partial charge is 0.481 e. The van der Waals surface area contributed by atoms with Gasteiger partial charge in [0, 0.05) is 14.1 Å². The highest BCUT2D eigenvalue weighted by atomic mass is 16.5. The van der Waals surface area contributed by atoms with Crippen molar-refractivity contribution in [1.82, 2.24) is 4.90 Å². The molecule has 0 fully saturated rings. The van der Waals surface area contributed by atoms with Crippen LogP contribution in [0, 0.1) is 6.92 Å². The second-order valence-electron chi connectivity index (χ2n) is 5.17. The van der Waals surface area contributed by atoms with Crippen LogP contribution in [0.5, 0.6) is 5.75 Å². The zero-order valence-corrected chi connectivity index (χ0v) is 12.2. The minimum atomic E-state index is -0.457. The summed E-state index contributed by atoms with van der Waals surface area (Å²) >= 11 is 0. The van der Waals surface area contributed by atoms with Crippen LogP contribution in [0.25, 0.3) is 0 Å². The first kappa shape index (κ1) is 14.6. The fourth-order valence-corrected chi connectivity index (χ4v) is 1.71. The van der Waals surface area contributed by atoms with E-state index >= 15 is 0 Å². The summed E-state index contributed by atoms with van der Waals surface area (Å²) < 4.78 is 5.77. The SMILES string of the molecule is Cc1ccc(C(C)C)cc1OC(C)C(=O)N(C)C. The summed E-state index contributed by atoms with van der Waals surface area (Å²) in [6.07, 6.45) is -0.457. The molecule has 3 nitrogen and oxygen atoms in total. The summed E-state index contributed by atoms with van der Waals surface area (Å²) in [4.78, 5) is 13.3. The number of ether oxygens (including phenoxy) is 1. The minimum absolute atomic E-state index is 0.0237. The van der Waals surface area contributed by atoms with E-state index in [0.717, 1.165) is 11.3 Å². The number of aryl methyl sites for hydroxylation is 1. The van der Waals surface area contributed by atoms with Gasteiger partial charge in [-0.1, -0.05) is 26.0 Å². The van der Waals surface area contributed by atoms with Crippen LogP contribution in [0.4, 0.5) is 0 Å². The topological polar surface area (TPSA) is 29.5 Å². The summed E-state index contributed by atoms with van der Waals surface area (Å²) in [5.74, 6) is 1.22. The quantitative estimate of drug-likeness (QED) is 0.821. The third-order valence-corrected chi connectivity index (χ3v) is 2.97. The minimum Gasteiger partial charge on any atom is -0.481 e. The van der Waals surface area contributed by atoms with Crippen LogP contribution in [0.2, 0.25) is 0 Å². The standard InChI is InChI=1S/C15H23NO2/c1-10(2)13-8-7-11(3)14(9-13)18-12(4)15(17)16(5)6/h7-10,12H,1-6H3. The monoisotopic (exact) mass is 249 g/mol. The molecule has 1 unspecified atom stereocenters. The van der Waals surface area contributed by atoms with Gasteiger partial charge in [0.15, 0.2) is 6.10 Å². The maximum atomic E-state index is 11.8. The van der Waals surface area contributed by atoms with E-state index < -0.39 is 6.10 Å². The van der Waals surface area contributed by atoms with Crippen LogP contribution in [0.3, 0.4) is 0 Å². The fraction of sp³-hybridized carbons (Fsp3) is 0.533. The molecule has 1 amide bonds. The number of rotatable bonds is 4. The van der Waals surface area contributed by atoms with Gasteiger partial charge >= 0.3 is 0 Å². The summed E-state index contributed by atoms with van der Waals surface area (Å²) in [5.41, 5.74) is 2.28. The average Bonchev–Trinajstić information content (AvgIpc) is 2.30. The molecule has 0 saturated heterocycles. The summed E-state index contributed by atoms with van der Waals surface area (Å²) in [5, 5.41) is 0. The van der Waals surface area contributed by atoms with Crippen LogP contribution in [0.1, 0.15) is 37.8 Å². The van der Waals surface area contributed by atoms with Gasteiger partial charge in [0.25, 0.3) is 5.91 Å². The lowest BCUT2D eigenvalue weighted by molar-refractivity contribution is -0.135. The van der Waals surface area contributed by atoms with Crippen LogP contribution in [-0.2, 0) is 4.79 Å². The van der Waals surface area contributed by atoms with E-state index in [-0.39, 0.29) is 5.91 Å². The number of benzene rings is 1. The molecule has 100 valence electrons. The Morgan fingerprint density at radius 1 is 1.22 bits per heavy atom. The number of amides is 1. The lowest BCUT2D eigenvalue weighted by Crippen LogP contribution is -2.35. The van der Waals surface area contributed by atoms with Gasteiger partial charge in [-0.2, -0.15) is 0 Å². The Hall–Kier alpha value is -1.51. The van der Waals surface area contributed by atoms with Gasteiger partial charge in [0.1, 0.15) is 5.75 Å². The maximum Gasteiger partial charge on any atom is 0.262 e. The van der Waals surface area contributed by atoms with E-state index in [0.29, 0.717) is 5.92 Å². The molecule has 1 aromatic carbocycles. The lowest BCUT2D eigenvalue weighted by atomic mass is 10.0. The van der Waals surface area contributed by atoms with Crippen LogP contribution in [-0.4, -0.2) is 31.0 Å². The third-order valence-electron chi connectivity index (χ3n) is 2.97. The molecular formula is C15H23NO2. The summed E-state index contributed by atoms with van der Waals surface area (Å²) in [6, 6.07) is 6.17. The zero-order valence-electron chi connectivity index (χ0n) is 12.2. The molecule has 1 atom stereocenters. The number of carbonyl (C=O) groups is 1. The van der Waals surface area contributed by atoms with E-state index in [1.54, 1.807) is 25.9 Å². The Balaban J connectivity index is 2.90. The van der Waals surface area contributed by atoms with Gasteiger partial charge in [-0.15, -0.1) is 0 Å². The first-order valence-electron chi connectivity index (χ1n) is 6.31. The van der Waals surface area contributed by atoms with E-state index in [1.807, 2.05) is 19.1 Å². The van der Waals surface area contributed by atoms with Gasteiger partial charge in [0.05, 0.1) is 0 Å². The molecule has 0 saturated carbocycles. The first-order chi connectivity index (χ1) is 8.32. The third kappa shape index (κ3) is 3.49. The van der Waals surface area contributed by atoms with Crippen molar-refractivity contribution in [1.29, 1.82) is 0 Å². The normalized spacial score (nSPS) is 12.4. The molecule has 0 aliphatic heterocycles. The van der Waals surface area contributed by atoms with Crippen molar-refractivity contribution in [3.8, 4) is 5.75 Å². The number of carbonyl (C=O) groups excluding carboxylic acids is 1. The average molecular weight is 249 g/mol. The first-order valence-corrected chi connectivity index (χ1v) is 6.31. The van der Waals surface area contributed by atoms with Crippen molar-refractivity contribution in [3.63, 3.8) is 0 Å². The summed E-state index contributed by atoms with van der Waals surface area (Å²) in [6.45, 7) is 8.06. The van der Waals surface area contributed by atoms with Crippen molar-refractivity contribution >= 4 is 5.91 Å². The molecule has 18 heavy (non-hydrogen) atoms. The van der Waals surface area contributed by atoms with Gasteiger partial charge in [-0.3, -0.25) is 4.79 Å². The van der Waals surface area contributed by atoms with Gasteiger partial charge in [-0.05, 0) is 37.0 Å². The predicted molar refractivity (Wildman–Crippen MR) is 74.1 cm³/mol. The van der Waals surface area contributed by atoms with Crippen molar-refractivity contribution in [2.24, 2.45) is 0 Å². The van der Waals surface area contributed by atoms with Gasteiger partial charge < -0.3 is 9.64 Å². The second-order valence-corrected chi connectivity index (χ2v) is 5.17. The Morgan fingerprint density at radius 2 is 1.83 bits per heavy atom. The highest BCUT2D eigenvalue weighted by molar-refractivity contribution is 5.80. The molecule has 0 N–H and O–H groups in total. The van der Waals surface area contributed by atoms with Crippen LogP contribution < -0.4 is 4.74 Å². The van der Waals surface area contributed by atoms with Gasteiger partial charge in [-0.25, -0.2) is 0 Å². The number of nitrogens with zero attached hydrogens (tertiary/aromatic N) is 1. The highest BCUT2D eigenvalue weighted by Gasteiger charge is 2.17. The van der Waals surface area contributed by atoms with Crippen molar-refractivity contribution in [2.45, 2.75) is 39.7 Å². The molecule has 1 rings (SSSR count). The van der Waals surface area contributed by atoms with Crippen molar-refractivity contribution < 1.29 is 9.53 Å². The molecule has 0 aliphatic rings. The smallest absolute Gasteiger partial charge is 0.262 e. The lowest BCUT2D eigenvalue weighted by Gasteiger charge is -2.20. The predicted octanol–water partition coefficient (Wildman–Crippen LogP) is 2.97. The van der Waals surface area contributed by atoms with E-state index in [9.17, 15) is 4.79 Å². The number of likely N-dealkylation sites (N-methyl/N-ethyl adjacent to an activating group) is 1. The van der Waals surface area contributed by atoms with Gasteiger partial charge in [0.2, 0.25) is 0 Å². The molecular weight excluding hydrogens is 226 g/mol. The maximum absolute atomic E-state index is 11.8. The Labute approximate surface area is 110 Å². The summed E-state index contributed by atoms with van der Waals surface area (Å²) in [7, 11) is 3.47. The number of hydrogen-bond acceptors (Lipinski definition) is 2. The molecule has 0 aliphatic carbocycles. The Bertz CT molecular complexity index is 425. The fourth-order valence-electron chi connectivity index (χ4n) is 1.71. The molecule has 0 bridgehead atoms. The number of hydrogen-bond donors (Lipinski definition) is 0. The van der Waals surface area contributed by atoms with E-state index in [1.165, 1.54) is 5.56 Å². The van der Waals surface area contributed by atoms with Crippen molar-refractivity contribution in [3.05, 3.63) is 29.3 Å². The second kappa shape index (κ2) is 5.89. The van der Waals surface area contributed by atoms with Crippen LogP contribution >= 0.6 is 0 Å². The molecule has 0 spiro atoms. The van der Waals surface area contributed by atoms with Crippen molar-refractivity contribution in [2.75, 3.05) is 14.1 Å². The zero-order chi connectivity index (χ0) is 13.9. The Morgan fingerprint density at radius 3 is 2.33 bits per heavy atom. The highest BCUT2D eigenvalue weighted by Crippen LogP contribution is 2.25. The molecule has 0 heterocycles. The molecule has 1 aromatic rings. The Kier molecular flexibility index (Phi) is 4.76. The van der Waals surface area contributed by atoms with E-state index in [2.05, 4.69) is 19.9 Å². The molecule has 0 radical (unpaired) electrons. The molecule has 3 heteroatoms. The molecule has 0 aromatic heterocycles. The van der Waals surface area contributed by atoms with Crippen LogP contribution in [0.15, 0.2) is 18.2 Å².